The van der Waals surface area contributed by atoms with Crippen molar-refractivity contribution >= 4 is 5.91 Å². The molecule has 0 heterocycles. The quantitative estimate of drug-likeness (QED) is 0.855. The highest BCUT2D eigenvalue weighted by atomic mass is 19.4. The lowest BCUT2D eigenvalue weighted by molar-refractivity contribution is -0.263. The molecular formula is C20H22F3NO2. The Hall–Kier alpha value is -2.34. The van der Waals surface area contributed by atoms with E-state index in [1.54, 1.807) is 30.3 Å². The molecule has 0 fully saturated rings. The maximum Gasteiger partial charge on any atom is 0.423 e. The molecule has 1 amide bonds. The number of hydrogen-bond donors (Lipinski definition) is 2. The van der Waals surface area contributed by atoms with Gasteiger partial charge in [0, 0.05) is 5.56 Å². The van der Waals surface area contributed by atoms with Crippen LogP contribution in [0.4, 0.5) is 13.2 Å². The first-order valence-corrected chi connectivity index (χ1v) is 8.18. The van der Waals surface area contributed by atoms with Crippen LogP contribution in [0.3, 0.4) is 0 Å². The molecule has 1 unspecified atom stereocenters. The zero-order valence-corrected chi connectivity index (χ0v) is 14.9. The van der Waals surface area contributed by atoms with Gasteiger partial charge in [0.25, 0.3) is 5.91 Å². The summed E-state index contributed by atoms with van der Waals surface area (Å²) in [5, 5.41) is 12.4. The molecule has 0 radical (unpaired) electrons. The van der Waals surface area contributed by atoms with E-state index >= 15 is 0 Å². The molecule has 2 rings (SSSR count). The summed E-state index contributed by atoms with van der Waals surface area (Å²) in [6.07, 6.45) is -4.93. The van der Waals surface area contributed by atoms with Gasteiger partial charge in [-0.05, 0) is 28.7 Å². The van der Waals surface area contributed by atoms with Crippen molar-refractivity contribution in [3.8, 4) is 0 Å². The molecule has 0 aliphatic rings. The predicted molar refractivity (Wildman–Crippen MR) is 93.9 cm³/mol. The fraction of sp³-hybridized carbons (Fsp3) is 0.350. The highest BCUT2D eigenvalue weighted by Crippen LogP contribution is 2.38. The molecule has 0 bridgehead atoms. The van der Waals surface area contributed by atoms with Gasteiger partial charge in [0.05, 0.1) is 6.54 Å². The van der Waals surface area contributed by atoms with Crippen LogP contribution in [0.2, 0.25) is 0 Å². The zero-order chi connectivity index (χ0) is 19.6. The number of carbonyl (C=O) groups excluding carboxylic acids is 1. The van der Waals surface area contributed by atoms with Crippen LogP contribution in [0, 0.1) is 0 Å². The maximum absolute atomic E-state index is 13.4. The number of hydrogen-bond acceptors (Lipinski definition) is 2. The third-order valence-corrected chi connectivity index (χ3v) is 4.24. The monoisotopic (exact) mass is 365 g/mol. The standard InChI is InChI=1S/C20H22F3NO2/c1-18(2,3)15-11-9-14(10-12-15)17(25)24-13-19(26,20(21,22)23)16-7-5-4-6-8-16/h4-12,26H,13H2,1-3H3,(H,24,25). The second kappa shape index (κ2) is 7.11. The van der Waals surface area contributed by atoms with Gasteiger partial charge in [0.2, 0.25) is 5.60 Å². The highest BCUT2D eigenvalue weighted by Gasteiger charge is 2.55. The van der Waals surface area contributed by atoms with Gasteiger partial charge in [0.15, 0.2) is 0 Å². The lowest BCUT2D eigenvalue weighted by Gasteiger charge is -2.31. The second-order valence-corrected chi connectivity index (χ2v) is 7.23. The van der Waals surface area contributed by atoms with Crippen LogP contribution in [0.5, 0.6) is 0 Å². The molecule has 0 saturated heterocycles. The number of amides is 1. The third kappa shape index (κ3) is 4.25. The van der Waals surface area contributed by atoms with Gasteiger partial charge in [-0.1, -0.05) is 63.2 Å². The molecule has 1 atom stereocenters. The molecule has 0 spiro atoms. The highest BCUT2D eigenvalue weighted by molar-refractivity contribution is 5.94. The molecule has 3 nitrogen and oxygen atoms in total. The van der Waals surface area contributed by atoms with Crippen molar-refractivity contribution in [1.82, 2.24) is 5.32 Å². The Morgan fingerprint density at radius 3 is 1.92 bits per heavy atom. The molecule has 26 heavy (non-hydrogen) atoms. The van der Waals surface area contributed by atoms with Crippen LogP contribution < -0.4 is 5.32 Å². The van der Waals surface area contributed by atoms with Crippen LogP contribution >= 0.6 is 0 Å². The summed E-state index contributed by atoms with van der Waals surface area (Å²) in [5.74, 6) is -0.677. The predicted octanol–water partition coefficient (Wildman–Crippen LogP) is 4.16. The molecular weight excluding hydrogens is 343 g/mol. The summed E-state index contributed by atoms with van der Waals surface area (Å²) in [5.41, 5.74) is -2.34. The number of rotatable bonds is 4. The summed E-state index contributed by atoms with van der Waals surface area (Å²) >= 11 is 0. The summed E-state index contributed by atoms with van der Waals surface area (Å²) in [4.78, 5) is 12.2. The Labute approximate surface area is 150 Å². The molecule has 0 aliphatic carbocycles. The minimum atomic E-state index is -4.93. The molecule has 6 heteroatoms. The van der Waals surface area contributed by atoms with Crippen LogP contribution in [0.15, 0.2) is 54.6 Å². The van der Waals surface area contributed by atoms with E-state index in [2.05, 4.69) is 5.32 Å². The summed E-state index contributed by atoms with van der Waals surface area (Å²) < 4.78 is 40.3. The molecule has 0 saturated carbocycles. The van der Waals surface area contributed by atoms with Crippen molar-refractivity contribution in [2.45, 2.75) is 38.0 Å². The fourth-order valence-electron chi connectivity index (χ4n) is 2.51. The van der Waals surface area contributed by atoms with E-state index in [4.69, 9.17) is 0 Å². The minimum Gasteiger partial charge on any atom is -0.375 e. The summed E-state index contributed by atoms with van der Waals surface area (Å²) in [6, 6.07) is 13.4. The molecule has 140 valence electrons. The van der Waals surface area contributed by atoms with E-state index in [9.17, 15) is 23.1 Å². The number of halogens is 3. The van der Waals surface area contributed by atoms with Gasteiger partial charge < -0.3 is 10.4 Å². The van der Waals surface area contributed by atoms with Crippen LogP contribution in [-0.2, 0) is 11.0 Å². The number of aliphatic hydroxyl groups is 1. The fourth-order valence-corrected chi connectivity index (χ4v) is 2.51. The van der Waals surface area contributed by atoms with Gasteiger partial charge in [0.1, 0.15) is 0 Å². The maximum atomic E-state index is 13.4. The van der Waals surface area contributed by atoms with Crippen molar-refractivity contribution in [2.24, 2.45) is 0 Å². The van der Waals surface area contributed by atoms with Crippen LogP contribution in [-0.4, -0.2) is 23.7 Å². The van der Waals surface area contributed by atoms with Gasteiger partial charge in [-0.25, -0.2) is 0 Å². The number of carbonyl (C=O) groups is 1. The van der Waals surface area contributed by atoms with Crippen molar-refractivity contribution in [3.63, 3.8) is 0 Å². The van der Waals surface area contributed by atoms with E-state index < -0.39 is 24.2 Å². The van der Waals surface area contributed by atoms with Crippen molar-refractivity contribution < 1.29 is 23.1 Å². The molecule has 0 aromatic heterocycles. The van der Waals surface area contributed by atoms with Gasteiger partial charge in [-0.2, -0.15) is 13.2 Å². The molecule has 2 aromatic carbocycles. The lowest BCUT2D eigenvalue weighted by atomic mass is 9.86. The smallest absolute Gasteiger partial charge is 0.375 e. The number of nitrogens with one attached hydrogen (secondary N) is 1. The van der Waals surface area contributed by atoms with Crippen molar-refractivity contribution in [1.29, 1.82) is 0 Å². The van der Waals surface area contributed by atoms with E-state index in [-0.39, 0.29) is 16.5 Å². The van der Waals surface area contributed by atoms with Crippen molar-refractivity contribution in [2.75, 3.05) is 6.54 Å². The largest absolute Gasteiger partial charge is 0.423 e. The van der Waals surface area contributed by atoms with Gasteiger partial charge in [-0.3, -0.25) is 4.79 Å². The van der Waals surface area contributed by atoms with Crippen LogP contribution in [0.1, 0.15) is 42.3 Å². The third-order valence-electron chi connectivity index (χ3n) is 4.24. The zero-order valence-electron chi connectivity index (χ0n) is 14.9. The van der Waals surface area contributed by atoms with Gasteiger partial charge >= 0.3 is 6.18 Å². The minimum absolute atomic E-state index is 0.0984. The Morgan fingerprint density at radius 2 is 1.46 bits per heavy atom. The van der Waals surface area contributed by atoms with Gasteiger partial charge in [-0.15, -0.1) is 0 Å². The first-order chi connectivity index (χ1) is 11.9. The first-order valence-electron chi connectivity index (χ1n) is 8.18. The molecule has 0 aliphatic heterocycles. The topological polar surface area (TPSA) is 49.3 Å². The summed E-state index contributed by atoms with van der Waals surface area (Å²) in [6.45, 7) is 5.09. The molecule has 2 N–H and O–H groups in total. The Bertz CT molecular complexity index is 749. The van der Waals surface area contributed by atoms with Crippen LogP contribution in [0.25, 0.3) is 0 Å². The first kappa shape index (κ1) is 20.0. The lowest BCUT2D eigenvalue weighted by Crippen LogP contribution is -2.51. The second-order valence-electron chi connectivity index (χ2n) is 7.23. The molecule has 2 aromatic rings. The Kier molecular flexibility index (Phi) is 5.47. The average molecular weight is 365 g/mol. The number of benzene rings is 2. The summed E-state index contributed by atoms with van der Waals surface area (Å²) in [7, 11) is 0. The number of alkyl halides is 3. The van der Waals surface area contributed by atoms with E-state index in [1.807, 2.05) is 20.8 Å². The van der Waals surface area contributed by atoms with Crippen molar-refractivity contribution in [3.05, 3.63) is 71.3 Å². The van der Waals surface area contributed by atoms with E-state index in [0.29, 0.717) is 0 Å². The van der Waals surface area contributed by atoms with E-state index in [0.717, 1.165) is 5.56 Å². The normalized spacial score (nSPS) is 14.6. The SMILES string of the molecule is CC(C)(C)c1ccc(C(=O)NCC(O)(c2ccccc2)C(F)(F)F)cc1. The van der Waals surface area contributed by atoms with E-state index in [1.165, 1.54) is 24.3 Å². The Morgan fingerprint density at radius 1 is 0.923 bits per heavy atom. The average Bonchev–Trinajstić information content (AvgIpc) is 2.58. The Balaban J connectivity index is 2.18.